The molecule has 0 unspecified atom stereocenters. The molecule has 5 heteroatoms. The van der Waals surface area contributed by atoms with Gasteiger partial charge in [0.15, 0.2) is 18.2 Å². The fraction of sp³-hybridized carbons (Fsp3) is 0.727. The zero-order chi connectivity index (χ0) is 20.8. The zero-order valence-electron chi connectivity index (χ0n) is 18.5. The lowest BCUT2D eigenvalue weighted by molar-refractivity contribution is 0.213. The topological polar surface area (TPSA) is 43.4 Å². The standard InChI is InChI=1S/C22H40O3SSi/c1-17(2)27(18(3)4,19(5)6)25-15-20(7)14-21(8)16-26(23,24)22-12-10-9-11-13-22/h9-13,17-21H,14-16H2,1-8H3/t20-,21+/m0/s1. The normalized spacial score (nSPS) is 15.5. The molecule has 3 nitrogen and oxygen atoms in total. The highest BCUT2D eigenvalue weighted by molar-refractivity contribution is 7.91. The van der Waals surface area contributed by atoms with Crippen molar-refractivity contribution >= 4 is 18.2 Å². The average molecular weight is 413 g/mol. The Kier molecular flexibility index (Phi) is 9.23. The first kappa shape index (κ1) is 24.4. The second-order valence-corrected chi connectivity index (χ2v) is 16.7. The van der Waals surface area contributed by atoms with Crippen LogP contribution >= 0.6 is 0 Å². The maximum Gasteiger partial charge on any atom is 0.200 e. The van der Waals surface area contributed by atoms with E-state index in [-0.39, 0.29) is 11.7 Å². The Hall–Kier alpha value is -0.653. The molecule has 0 saturated carbocycles. The predicted molar refractivity (Wildman–Crippen MR) is 118 cm³/mol. The molecule has 0 amide bonds. The molecule has 0 bridgehead atoms. The smallest absolute Gasteiger partial charge is 0.200 e. The molecule has 156 valence electrons. The number of sulfone groups is 1. The molecule has 27 heavy (non-hydrogen) atoms. The van der Waals surface area contributed by atoms with Gasteiger partial charge in [-0.3, -0.25) is 0 Å². The minimum Gasteiger partial charge on any atom is -0.416 e. The van der Waals surface area contributed by atoms with Gasteiger partial charge in [0.25, 0.3) is 0 Å². The van der Waals surface area contributed by atoms with Gasteiger partial charge < -0.3 is 4.43 Å². The molecule has 0 fully saturated rings. The van der Waals surface area contributed by atoms with E-state index in [4.69, 9.17) is 4.43 Å². The highest BCUT2D eigenvalue weighted by Gasteiger charge is 2.45. The van der Waals surface area contributed by atoms with Crippen LogP contribution < -0.4 is 0 Å². The molecule has 0 aliphatic rings. The molecule has 2 atom stereocenters. The first-order valence-electron chi connectivity index (χ1n) is 10.3. The molecule has 1 aromatic rings. The third kappa shape index (κ3) is 6.43. The lowest BCUT2D eigenvalue weighted by Gasteiger charge is -2.43. The number of benzene rings is 1. The Labute approximate surface area is 169 Å². The maximum absolute atomic E-state index is 12.6. The summed E-state index contributed by atoms with van der Waals surface area (Å²) in [7, 11) is -5.08. The summed E-state index contributed by atoms with van der Waals surface area (Å²) in [6.07, 6.45) is 0.866. The summed E-state index contributed by atoms with van der Waals surface area (Å²) in [5.74, 6) is 0.666. The Morgan fingerprint density at radius 3 is 1.74 bits per heavy atom. The molecular weight excluding hydrogens is 372 g/mol. The van der Waals surface area contributed by atoms with E-state index in [0.29, 0.717) is 27.4 Å². The van der Waals surface area contributed by atoms with Crippen LogP contribution in [0.15, 0.2) is 35.2 Å². The average Bonchev–Trinajstić information content (AvgIpc) is 2.54. The fourth-order valence-electron chi connectivity index (χ4n) is 4.71. The summed E-state index contributed by atoms with van der Waals surface area (Å²) in [6, 6.07) is 8.77. The molecule has 0 spiro atoms. The van der Waals surface area contributed by atoms with E-state index in [1.165, 1.54) is 0 Å². The van der Waals surface area contributed by atoms with Crippen molar-refractivity contribution in [1.82, 2.24) is 0 Å². The van der Waals surface area contributed by atoms with Gasteiger partial charge in [0.05, 0.1) is 10.6 Å². The van der Waals surface area contributed by atoms with Crippen LogP contribution in [0.2, 0.25) is 16.6 Å². The van der Waals surface area contributed by atoms with Gasteiger partial charge in [0.2, 0.25) is 0 Å². The minimum atomic E-state index is -3.22. The van der Waals surface area contributed by atoms with E-state index in [0.717, 1.165) is 13.0 Å². The van der Waals surface area contributed by atoms with Crippen molar-refractivity contribution < 1.29 is 12.8 Å². The first-order chi connectivity index (χ1) is 12.4. The molecular formula is C22H40O3SSi. The lowest BCUT2D eigenvalue weighted by atomic mass is 10.00. The summed E-state index contributed by atoms with van der Waals surface area (Å²) in [6.45, 7) is 18.7. The van der Waals surface area contributed by atoms with Gasteiger partial charge >= 0.3 is 0 Å². The Morgan fingerprint density at radius 1 is 0.815 bits per heavy atom. The zero-order valence-corrected chi connectivity index (χ0v) is 20.3. The molecule has 1 aromatic carbocycles. The van der Waals surface area contributed by atoms with Crippen LogP contribution in [-0.2, 0) is 14.3 Å². The molecule has 0 aliphatic carbocycles. The summed E-state index contributed by atoms with van der Waals surface area (Å²) >= 11 is 0. The van der Waals surface area contributed by atoms with Crippen LogP contribution in [0.3, 0.4) is 0 Å². The summed E-state index contributed by atoms with van der Waals surface area (Å²) < 4.78 is 31.9. The maximum atomic E-state index is 12.6. The van der Waals surface area contributed by atoms with Crippen molar-refractivity contribution in [3.8, 4) is 0 Å². The molecule has 0 N–H and O–H groups in total. The monoisotopic (exact) mass is 412 g/mol. The Balaban J connectivity index is 2.69. The van der Waals surface area contributed by atoms with E-state index in [2.05, 4.69) is 48.5 Å². The SMILES string of the molecule is CC(C)[Si](OC[C@@H](C)C[C@@H](C)CS(=O)(=O)c1ccccc1)(C(C)C)C(C)C. The van der Waals surface area contributed by atoms with Gasteiger partial charge in [0, 0.05) is 6.61 Å². The predicted octanol–water partition coefficient (Wildman–Crippen LogP) is 6.31. The van der Waals surface area contributed by atoms with Crippen LogP contribution in [0.25, 0.3) is 0 Å². The van der Waals surface area contributed by atoms with Crippen molar-refractivity contribution in [3.05, 3.63) is 30.3 Å². The molecule has 0 heterocycles. The Morgan fingerprint density at radius 2 is 1.30 bits per heavy atom. The van der Waals surface area contributed by atoms with Crippen LogP contribution in [0.5, 0.6) is 0 Å². The number of hydrogen-bond donors (Lipinski definition) is 0. The van der Waals surface area contributed by atoms with E-state index < -0.39 is 18.2 Å². The van der Waals surface area contributed by atoms with Crippen LogP contribution in [0.1, 0.15) is 61.8 Å². The highest BCUT2D eigenvalue weighted by Crippen LogP contribution is 2.42. The summed E-state index contributed by atoms with van der Waals surface area (Å²) in [4.78, 5) is 0.423. The quantitative estimate of drug-likeness (QED) is 0.400. The van der Waals surface area contributed by atoms with Gasteiger partial charge in [-0.05, 0) is 47.0 Å². The van der Waals surface area contributed by atoms with Gasteiger partial charge in [0.1, 0.15) is 0 Å². The van der Waals surface area contributed by atoms with Crippen LogP contribution in [0.4, 0.5) is 0 Å². The van der Waals surface area contributed by atoms with Gasteiger partial charge in [-0.1, -0.05) is 73.6 Å². The fourth-order valence-corrected chi connectivity index (χ4v) is 11.9. The molecule has 1 rings (SSSR count). The summed E-state index contributed by atoms with van der Waals surface area (Å²) in [5.41, 5.74) is 1.71. The van der Waals surface area contributed by atoms with Gasteiger partial charge in [-0.2, -0.15) is 0 Å². The number of rotatable bonds is 11. The van der Waals surface area contributed by atoms with E-state index in [1.807, 2.05) is 13.0 Å². The van der Waals surface area contributed by atoms with Gasteiger partial charge in [-0.15, -0.1) is 0 Å². The summed E-state index contributed by atoms with van der Waals surface area (Å²) in [5, 5.41) is 0. The third-order valence-electron chi connectivity index (χ3n) is 5.74. The molecule has 0 aliphatic heterocycles. The highest BCUT2D eigenvalue weighted by atomic mass is 32.2. The van der Waals surface area contributed by atoms with Crippen molar-refractivity contribution in [3.63, 3.8) is 0 Å². The van der Waals surface area contributed by atoms with Crippen molar-refractivity contribution in [2.24, 2.45) is 11.8 Å². The minimum absolute atomic E-state index is 0.113. The second-order valence-electron chi connectivity index (χ2n) is 9.17. The second kappa shape index (κ2) is 10.2. The van der Waals surface area contributed by atoms with Crippen LogP contribution in [0, 0.1) is 11.8 Å². The van der Waals surface area contributed by atoms with E-state index in [1.54, 1.807) is 24.3 Å². The van der Waals surface area contributed by atoms with Crippen molar-refractivity contribution in [2.45, 2.75) is 83.3 Å². The van der Waals surface area contributed by atoms with E-state index >= 15 is 0 Å². The van der Waals surface area contributed by atoms with Gasteiger partial charge in [-0.25, -0.2) is 8.42 Å². The first-order valence-corrected chi connectivity index (χ1v) is 14.1. The largest absolute Gasteiger partial charge is 0.416 e. The van der Waals surface area contributed by atoms with Crippen molar-refractivity contribution in [2.75, 3.05) is 12.4 Å². The molecule has 0 radical (unpaired) electrons. The molecule has 0 aromatic heterocycles. The lowest BCUT2D eigenvalue weighted by Crippen LogP contribution is -2.48. The molecule has 0 saturated heterocycles. The van der Waals surface area contributed by atoms with Crippen LogP contribution in [-0.4, -0.2) is 29.1 Å². The number of hydrogen-bond acceptors (Lipinski definition) is 3. The van der Waals surface area contributed by atoms with Crippen molar-refractivity contribution in [1.29, 1.82) is 0 Å². The Bertz CT molecular complexity index is 632. The third-order valence-corrected chi connectivity index (χ3v) is 13.8. The van der Waals surface area contributed by atoms with E-state index in [9.17, 15) is 8.42 Å².